The van der Waals surface area contributed by atoms with E-state index in [0.717, 1.165) is 23.4 Å². The Balaban J connectivity index is 2.27. The molecule has 0 amide bonds. The van der Waals surface area contributed by atoms with Gasteiger partial charge in [0.25, 0.3) is 0 Å². The molecule has 1 aromatic rings. The number of rotatable bonds is 10. The van der Waals surface area contributed by atoms with E-state index in [2.05, 4.69) is 12.1 Å². The fraction of sp³-hybridized carbons (Fsp3) is 0.471. The summed E-state index contributed by atoms with van der Waals surface area (Å²) in [5.41, 5.74) is 4.55. The van der Waals surface area contributed by atoms with Gasteiger partial charge in [0.15, 0.2) is 0 Å². The van der Waals surface area contributed by atoms with Gasteiger partial charge in [0, 0.05) is 12.1 Å². The zero-order valence-corrected chi connectivity index (χ0v) is 13.6. The van der Waals surface area contributed by atoms with E-state index in [4.69, 9.17) is 14.3 Å². The fourth-order valence-electron chi connectivity index (χ4n) is 1.86. The van der Waals surface area contributed by atoms with E-state index in [1.54, 1.807) is 0 Å². The van der Waals surface area contributed by atoms with Crippen molar-refractivity contribution in [2.75, 3.05) is 20.3 Å². The van der Waals surface area contributed by atoms with Crippen molar-refractivity contribution in [3.8, 4) is 5.75 Å². The lowest BCUT2D eigenvalue weighted by molar-refractivity contribution is -0.144. The second kappa shape index (κ2) is 9.84. The van der Waals surface area contributed by atoms with Crippen molar-refractivity contribution in [2.24, 2.45) is 5.92 Å². The van der Waals surface area contributed by atoms with Gasteiger partial charge in [-0.3, -0.25) is 15.1 Å². The molecule has 0 unspecified atom stereocenters. The van der Waals surface area contributed by atoms with Crippen molar-refractivity contribution < 1.29 is 19.1 Å². The summed E-state index contributed by atoms with van der Waals surface area (Å²) in [5, 5.41) is 0. The summed E-state index contributed by atoms with van der Waals surface area (Å²) in [7, 11) is 1.41. The molecule has 0 saturated heterocycles. The number of hydrogen-bond acceptors (Lipinski definition) is 5. The molecule has 0 fully saturated rings. The molecule has 1 N–H and O–H groups in total. The minimum absolute atomic E-state index is 0.144. The molecule has 0 heterocycles. The quantitative estimate of drug-likeness (QED) is 0.409. The average molecular weight is 307 g/mol. The number of hydroxylamine groups is 1. The van der Waals surface area contributed by atoms with Gasteiger partial charge in [0.2, 0.25) is 0 Å². The van der Waals surface area contributed by atoms with Gasteiger partial charge in [-0.05, 0) is 31.0 Å². The summed E-state index contributed by atoms with van der Waals surface area (Å²) < 4.78 is 10.3. The molecule has 1 rings (SSSR count). The lowest BCUT2D eigenvalue weighted by Gasteiger charge is -2.10. The molecule has 5 nitrogen and oxygen atoms in total. The summed E-state index contributed by atoms with van der Waals surface area (Å²) in [6.45, 7) is 8.49. The van der Waals surface area contributed by atoms with Crippen LogP contribution in [0.3, 0.4) is 0 Å². The number of esters is 1. The predicted molar refractivity (Wildman–Crippen MR) is 85.3 cm³/mol. The van der Waals surface area contributed by atoms with Crippen LogP contribution < -0.4 is 10.2 Å². The predicted octanol–water partition coefficient (Wildman–Crippen LogP) is 2.86. The molecule has 122 valence electrons. The first-order valence-corrected chi connectivity index (χ1v) is 7.35. The Labute approximate surface area is 132 Å². The highest BCUT2D eigenvalue weighted by molar-refractivity contribution is 5.72. The largest absolute Gasteiger partial charge is 0.494 e. The van der Waals surface area contributed by atoms with Crippen molar-refractivity contribution in [2.45, 2.75) is 26.7 Å². The minimum Gasteiger partial charge on any atom is -0.494 e. The summed E-state index contributed by atoms with van der Waals surface area (Å²) in [6.07, 6.45) is 1.44. The Hall–Kier alpha value is -2.01. The van der Waals surface area contributed by atoms with Crippen LogP contribution in [0.2, 0.25) is 0 Å². The second-order valence-corrected chi connectivity index (χ2v) is 5.21. The highest BCUT2D eigenvalue weighted by Gasteiger charge is 2.13. The van der Waals surface area contributed by atoms with Crippen LogP contribution in [-0.4, -0.2) is 26.3 Å². The van der Waals surface area contributed by atoms with E-state index >= 15 is 0 Å². The minimum atomic E-state index is -0.191. The topological polar surface area (TPSA) is 56.8 Å². The van der Waals surface area contributed by atoms with Crippen LogP contribution in [0.1, 0.15) is 25.8 Å². The lowest BCUT2D eigenvalue weighted by atomic mass is 10.0. The van der Waals surface area contributed by atoms with Crippen LogP contribution >= 0.6 is 0 Å². The molecule has 1 aromatic carbocycles. The molecule has 5 heteroatoms. The number of allylic oxidation sites excluding steroid dienone is 1. The van der Waals surface area contributed by atoms with E-state index in [1.807, 2.05) is 38.1 Å². The van der Waals surface area contributed by atoms with Gasteiger partial charge in [-0.2, -0.15) is 0 Å². The summed E-state index contributed by atoms with van der Waals surface area (Å²) in [6, 6.07) is 7.75. The van der Waals surface area contributed by atoms with Crippen molar-refractivity contribution >= 4 is 5.97 Å². The van der Waals surface area contributed by atoms with E-state index in [9.17, 15) is 4.79 Å². The number of benzene rings is 1. The Kier molecular flexibility index (Phi) is 8.07. The number of methoxy groups -OCH3 is 1. The SMILES string of the molecule is C=C(C)NOCCCOc1ccc(C[C@H](C)C(=O)OC)cc1. The number of carbonyl (C=O) groups excluding carboxylic acids is 1. The third-order valence-corrected chi connectivity index (χ3v) is 2.97. The van der Waals surface area contributed by atoms with Crippen molar-refractivity contribution in [1.29, 1.82) is 0 Å². The van der Waals surface area contributed by atoms with Gasteiger partial charge < -0.3 is 9.47 Å². The molecular weight excluding hydrogens is 282 g/mol. The maximum absolute atomic E-state index is 11.4. The smallest absolute Gasteiger partial charge is 0.308 e. The normalized spacial score (nSPS) is 11.6. The zero-order valence-electron chi connectivity index (χ0n) is 13.6. The Morgan fingerprint density at radius 3 is 2.55 bits per heavy atom. The highest BCUT2D eigenvalue weighted by atomic mass is 16.6. The molecule has 0 aliphatic carbocycles. The third-order valence-electron chi connectivity index (χ3n) is 2.97. The Morgan fingerprint density at radius 2 is 1.95 bits per heavy atom. The van der Waals surface area contributed by atoms with Gasteiger partial charge in [0.1, 0.15) is 5.75 Å². The van der Waals surface area contributed by atoms with Crippen LogP contribution in [0.25, 0.3) is 0 Å². The van der Waals surface area contributed by atoms with Gasteiger partial charge in [-0.25, -0.2) is 0 Å². The molecular formula is C17H25NO4. The molecule has 0 bridgehead atoms. The van der Waals surface area contributed by atoms with E-state index < -0.39 is 0 Å². The van der Waals surface area contributed by atoms with Gasteiger partial charge in [0.05, 0.1) is 26.2 Å². The molecule has 0 aromatic heterocycles. The number of hydrogen-bond donors (Lipinski definition) is 1. The first kappa shape index (κ1) is 18.0. The Bertz CT molecular complexity index is 470. The number of carbonyl (C=O) groups is 1. The Morgan fingerprint density at radius 1 is 1.27 bits per heavy atom. The highest BCUT2D eigenvalue weighted by Crippen LogP contribution is 2.16. The van der Waals surface area contributed by atoms with Crippen molar-refractivity contribution in [3.63, 3.8) is 0 Å². The van der Waals surface area contributed by atoms with Crippen molar-refractivity contribution in [1.82, 2.24) is 5.48 Å². The molecule has 0 aliphatic rings. The molecule has 0 aliphatic heterocycles. The van der Waals surface area contributed by atoms with E-state index in [1.165, 1.54) is 7.11 Å². The molecule has 22 heavy (non-hydrogen) atoms. The van der Waals surface area contributed by atoms with E-state index in [-0.39, 0.29) is 11.9 Å². The van der Waals surface area contributed by atoms with Gasteiger partial charge in [-0.1, -0.05) is 25.6 Å². The molecule has 0 saturated carbocycles. The van der Waals surface area contributed by atoms with Crippen LogP contribution in [0, 0.1) is 5.92 Å². The summed E-state index contributed by atoms with van der Waals surface area (Å²) in [5.74, 6) is 0.473. The molecule has 0 spiro atoms. The first-order chi connectivity index (χ1) is 10.5. The van der Waals surface area contributed by atoms with Gasteiger partial charge in [-0.15, -0.1) is 0 Å². The number of ether oxygens (including phenoxy) is 2. The zero-order chi connectivity index (χ0) is 16.4. The third kappa shape index (κ3) is 7.13. The molecule has 0 radical (unpaired) electrons. The average Bonchev–Trinajstić information content (AvgIpc) is 2.51. The monoisotopic (exact) mass is 307 g/mol. The first-order valence-electron chi connectivity index (χ1n) is 7.35. The second-order valence-electron chi connectivity index (χ2n) is 5.21. The van der Waals surface area contributed by atoms with Crippen LogP contribution in [0.5, 0.6) is 5.75 Å². The maximum Gasteiger partial charge on any atom is 0.308 e. The standard InChI is InChI=1S/C17H25NO4/c1-13(2)18-22-11-5-10-21-16-8-6-15(7-9-16)12-14(3)17(19)20-4/h6-9,14,18H,1,5,10-12H2,2-4H3/t14-/m0/s1. The fourth-order valence-corrected chi connectivity index (χ4v) is 1.86. The summed E-state index contributed by atoms with van der Waals surface area (Å²) >= 11 is 0. The van der Waals surface area contributed by atoms with Crippen LogP contribution in [-0.2, 0) is 20.8 Å². The van der Waals surface area contributed by atoms with E-state index in [0.29, 0.717) is 19.6 Å². The van der Waals surface area contributed by atoms with Crippen molar-refractivity contribution in [3.05, 3.63) is 42.1 Å². The van der Waals surface area contributed by atoms with Crippen LogP contribution in [0.4, 0.5) is 0 Å². The van der Waals surface area contributed by atoms with Gasteiger partial charge >= 0.3 is 5.97 Å². The summed E-state index contributed by atoms with van der Waals surface area (Å²) in [4.78, 5) is 16.5. The number of nitrogens with one attached hydrogen (secondary N) is 1. The maximum atomic E-state index is 11.4. The molecule has 1 atom stereocenters. The lowest BCUT2D eigenvalue weighted by Crippen LogP contribution is -2.15. The van der Waals surface area contributed by atoms with Crippen LogP contribution in [0.15, 0.2) is 36.5 Å².